The van der Waals surface area contributed by atoms with Crippen LogP contribution in [0.2, 0.25) is 0 Å². The van der Waals surface area contributed by atoms with Crippen LogP contribution in [-0.4, -0.2) is 63.3 Å². The molecule has 2 aromatic rings. The van der Waals surface area contributed by atoms with E-state index in [1.807, 2.05) is 30.3 Å². The molecule has 1 heterocycles. The number of nitrogens with zero attached hydrogens (tertiary/aromatic N) is 2. The van der Waals surface area contributed by atoms with E-state index in [4.69, 9.17) is 4.74 Å². The molecule has 0 spiro atoms. The highest BCUT2D eigenvalue weighted by atomic mass is 32.2. The van der Waals surface area contributed by atoms with Crippen LogP contribution in [-0.2, 0) is 30.1 Å². The maximum absolute atomic E-state index is 13.0. The summed E-state index contributed by atoms with van der Waals surface area (Å²) >= 11 is 0. The molecule has 2 atom stereocenters. The first-order chi connectivity index (χ1) is 14.2. The Morgan fingerprint density at radius 1 is 1.17 bits per heavy atom. The number of carbonyl (C=O) groups excluding carboxylic acids is 2. The van der Waals surface area contributed by atoms with E-state index in [1.54, 1.807) is 31.3 Å². The van der Waals surface area contributed by atoms with Crippen LogP contribution in [0.5, 0.6) is 0 Å². The predicted molar refractivity (Wildman–Crippen MR) is 113 cm³/mol. The third-order valence-corrected chi connectivity index (χ3v) is 6.79. The van der Waals surface area contributed by atoms with Crippen LogP contribution >= 0.6 is 0 Å². The number of carbonyl (C=O) groups is 2. The van der Waals surface area contributed by atoms with E-state index >= 15 is 0 Å². The Hall–Kier alpha value is -2.75. The molecule has 0 bridgehead atoms. The molecular formula is C21H25N3O5S. The quantitative estimate of drug-likeness (QED) is 0.750. The summed E-state index contributed by atoms with van der Waals surface area (Å²) < 4.78 is 31.0. The van der Waals surface area contributed by atoms with Gasteiger partial charge in [-0.15, -0.1) is 0 Å². The van der Waals surface area contributed by atoms with Gasteiger partial charge in [0, 0.05) is 26.8 Å². The van der Waals surface area contributed by atoms with Crippen molar-refractivity contribution in [3.63, 3.8) is 0 Å². The van der Waals surface area contributed by atoms with Crippen molar-refractivity contribution in [3.8, 4) is 0 Å². The second kappa shape index (κ2) is 8.95. The number of morpholine rings is 1. The minimum absolute atomic E-state index is 0.173. The van der Waals surface area contributed by atoms with E-state index < -0.39 is 28.1 Å². The maximum Gasteiger partial charge on any atom is 0.256 e. The molecule has 1 fully saturated rings. The van der Waals surface area contributed by atoms with Crippen LogP contribution in [0.1, 0.15) is 17.2 Å². The summed E-state index contributed by atoms with van der Waals surface area (Å²) in [6.07, 6.45) is -0.899. The second-order valence-corrected chi connectivity index (χ2v) is 9.50. The predicted octanol–water partition coefficient (Wildman–Crippen LogP) is 1.61. The molecular weight excluding hydrogens is 406 g/mol. The van der Waals surface area contributed by atoms with Crippen molar-refractivity contribution in [2.24, 2.45) is 0 Å². The summed E-state index contributed by atoms with van der Waals surface area (Å²) in [5, 5.41) is 2.79. The highest BCUT2D eigenvalue weighted by molar-refractivity contribution is 7.88. The van der Waals surface area contributed by atoms with Gasteiger partial charge in [-0.25, -0.2) is 12.7 Å². The summed E-state index contributed by atoms with van der Waals surface area (Å²) in [5.74, 6) is -0.785. The van der Waals surface area contributed by atoms with Crippen molar-refractivity contribution in [3.05, 3.63) is 65.7 Å². The molecule has 0 aromatic heterocycles. The van der Waals surface area contributed by atoms with Gasteiger partial charge in [0.1, 0.15) is 6.61 Å². The minimum atomic E-state index is -3.42. The molecule has 9 heteroatoms. The molecule has 1 aliphatic heterocycles. The van der Waals surface area contributed by atoms with Crippen LogP contribution in [0.15, 0.2) is 54.6 Å². The number of amides is 2. The largest absolute Gasteiger partial charge is 0.356 e. The zero-order chi connectivity index (χ0) is 21.9. The van der Waals surface area contributed by atoms with Crippen LogP contribution in [0.25, 0.3) is 0 Å². The smallest absolute Gasteiger partial charge is 0.256 e. The SMILES string of the molecule is CN1C(=O)COC(C(=O)Nc2cccc(CS(=O)(=O)N(C)C)c2)C1c1ccccc1. The van der Waals surface area contributed by atoms with E-state index in [0.29, 0.717) is 11.3 Å². The summed E-state index contributed by atoms with van der Waals surface area (Å²) in [6, 6.07) is 15.3. The summed E-state index contributed by atoms with van der Waals surface area (Å²) in [4.78, 5) is 26.7. The van der Waals surface area contributed by atoms with Crippen LogP contribution in [0, 0.1) is 0 Å². The zero-order valence-electron chi connectivity index (χ0n) is 17.1. The first-order valence-corrected chi connectivity index (χ1v) is 11.0. The van der Waals surface area contributed by atoms with Crippen LogP contribution in [0.3, 0.4) is 0 Å². The van der Waals surface area contributed by atoms with Crippen molar-refractivity contribution < 1.29 is 22.7 Å². The number of anilines is 1. The van der Waals surface area contributed by atoms with Gasteiger partial charge in [-0.05, 0) is 23.3 Å². The lowest BCUT2D eigenvalue weighted by molar-refractivity contribution is -0.160. The topological polar surface area (TPSA) is 96.0 Å². The lowest BCUT2D eigenvalue weighted by Gasteiger charge is -2.38. The van der Waals surface area contributed by atoms with Gasteiger partial charge in [0.2, 0.25) is 15.9 Å². The van der Waals surface area contributed by atoms with Crippen molar-refractivity contribution in [2.75, 3.05) is 33.1 Å². The van der Waals surface area contributed by atoms with Crippen LogP contribution < -0.4 is 5.32 Å². The van der Waals surface area contributed by atoms with Crippen molar-refractivity contribution in [2.45, 2.75) is 17.9 Å². The first kappa shape index (κ1) is 21.9. The van der Waals surface area contributed by atoms with Crippen LogP contribution in [0.4, 0.5) is 5.69 Å². The molecule has 1 saturated heterocycles. The molecule has 2 amide bonds. The number of ether oxygens (including phenoxy) is 1. The number of likely N-dealkylation sites (N-methyl/N-ethyl adjacent to an activating group) is 1. The fraction of sp³-hybridized carbons (Fsp3) is 0.333. The molecule has 0 radical (unpaired) electrons. The third-order valence-electron chi connectivity index (χ3n) is 4.98. The molecule has 2 aromatic carbocycles. The Bertz CT molecular complexity index is 1020. The Morgan fingerprint density at radius 2 is 1.87 bits per heavy atom. The third kappa shape index (κ3) is 4.86. The Kier molecular flexibility index (Phi) is 6.55. The fourth-order valence-electron chi connectivity index (χ4n) is 3.27. The number of nitrogens with one attached hydrogen (secondary N) is 1. The highest BCUT2D eigenvalue weighted by Crippen LogP contribution is 2.30. The number of rotatable bonds is 6. The number of sulfonamides is 1. The molecule has 0 aliphatic carbocycles. The molecule has 8 nitrogen and oxygen atoms in total. The molecule has 2 unspecified atom stereocenters. The second-order valence-electron chi connectivity index (χ2n) is 7.32. The van der Waals surface area contributed by atoms with E-state index in [-0.39, 0.29) is 18.3 Å². The normalized spacial score (nSPS) is 19.7. The van der Waals surface area contributed by atoms with Crippen molar-refractivity contribution in [1.82, 2.24) is 9.21 Å². The minimum Gasteiger partial charge on any atom is -0.356 e. The number of hydrogen-bond acceptors (Lipinski definition) is 5. The Morgan fingerprint density at radius 3 is 2.53 bits per heavy atom. The molecule has 1 N–H and O–H groups in total. The van der Waals surface area contributed by atoms with Crippen molar-refractivity contribution >= 4 is 27.5 Å². The first-order valence-electron chi connectivity index (χ1n) is 9.41. The molecule has 3 rings (SSSR count). The average molecular weight is 432 g/mol. The lowest BCUT2D eigenvalue weighted by Crippen LogP contribution is -2.51. The lowest BCUT2D eigenvalue weighted by atomic mass is 9.97. The summed E-state index contributed by atoms with van der Waals surface area (Å²) in [5.41, 5.74) is 1.80. The van der Waals surface area contributed by atoms with Gasteiger partial charge in [-0.1, -0.05) is 42.5 Å². The van der Waals surface area contributed by atoms with Gasteiger partial charge in [-0.2, -0.15) is 0 Å². The fourth-order valence-corrected chi connectivity index (χ4v) is 4.13. The number of benzene rings is 2. The molecule has 160 valence electrons. The summed E-state index contributed by atoms with van der Waals surface area (Å²) in [7, 11) is 1.18. The van der Waals surface area contributed by atoms with E-state index in [1.165, 1.54) is 19.0 Å². The number of hydrogen-bond donors (Lipinski definition) is 1. The standard InChI is InChI=1S/C21H25N3O5S/c1-23(2)30(27,28)14-15-8-7-11-17(12-15)22-21(26)20-19(16-9-5-4-6-10-16)24(3)18(25)13-29-20/h4-12,19-20H,13-14H2,1-3H3,(H,22,26). The van der Waals surface area contributed by atoms with Gasteiger partial charge in [0.05, 0.1) is 11.8 Å². The van der Waals surface area contributed by atoms with Gasteiger partial charge in [0.15, 0.2) is 6.10 Å². The van der Waals surface area contributed by atoms with Gasteiger partial charge >= 0.3 is 0 Å². The highest BCUT2D eigenvalue weighted by Gasteiger charge is 2.40. The van der Waals surface area contributed by atoms with E-state index in [2.05, 4.69) is 5.32 Å². The Labute approximate surface area is 176 Å². The molecule has 30 heavy (non-hydrogen) atoms. The van der Waals surface area contributed by atoms with Crippen molar-refractivity contribution in [1.29, 1.82) is 0 Å². The molecule has 1 aliphatic rings. The molecule has 0 saturated carbocycles. The van der Waals surface area contributed by atoms with E-state index in [9.17, 15) is 18.0 Å². The summed E-state index contributed by atoms with van der Waals surface area (Å²) in [6.45, 7) is -0.182. The monoisotopic (exact) mass is 431 g/mol. The van der Waals surface area contributed by atoms with Gasteiger partial charge in [0.25, 0.3) is 5.91 Å². The average Bonchev–Trinajstić information content (AvgIpc) is 2.70. The maximum atomic E-state index is 13.0. The zero-order valence-corrected chi connectivity index (χ0v) is 17.9. The van der Waals surface area contributed by atoms with Gasteiger partial charge in [-0.3, -0.25) is 9.59 Å². The van der Waals surface area contributed by atoms with Gasteiger partial charge < -0.3 is 15.0 Å². The Balaban J connectivity index is 1.81. The van der Waals surface area contributed by atoms with E-state index in [0.717, 1.165) is 9.87 Å².